The van der Waals surface area contributed by atoms with Crippen LogP contribution in [0.25, 0.3) is 0 Å². The molecule has 0 aromatic heterocycles. The van der Waals surface area contributed by atoms with Gasteiger partial charge in [0.05, 0.1) is 6.04 Å². The maximum Gasteiger partial charge on any atom is 0.410 e. The van der Waals surface area contributed by atoms with Gasteiger partial charge in [-0.2, -0.15) is 0 Å². The molecule has 0 aliphatic carbocycles. The minimum absolute atomic E-state index is 0.201. The molecule has 1 aliphatic rings. The van der Waals surface area contributed by atoms with Gasteiger partial charge in [-0.25, -0.2) is 9.18 Å². The lowest BCUT2D eigenvalue weighted by molar-refractivity contribution is 0.0218. The topological polar surface area (TPSA) is 46.6 Å². The van der Waals surface area contributed by atoms with Crippen LogP contribution in [0.5, 0.6) is 0 Å². The molecule has 0 unspecified atom stereocenters. The number of nitrogens with zero attached hydrogens (tertiary/aromatic N) is 1. The Kier molecular flexibility index (Phi) is 4.78. The zero-order valence-corrected chi connectivity index (χ0v) is 14.4. The Balaban J connectivity index is 2.23. The molecule has 1 amide bonds. The van der Waals surface area contributed by atoms with Gasteiger partial charge in [0.15, 0.2) is 5.78 Å². The van der Waals surface area contributed by atoms with Crippen molar-refractivity contribution < 1.29 is 18.7 Å². The van der Waals surface area contributed by atoms with Gasteiger partial charge in [-0.05, 0) is 51.7 Å². The second kappa shape index (κ2) is 6.30. The van der Waals surface area contributed by atoms with Crippen LogP contribution in [0.2, 0.25) is 0 Å². The molecule has 1 aromatic rings. The molecule has 1 aromatic carbocycles. The van der Waals surface area contributed by atoms with Crippen LogP contribution in [0.1, 0.15) is 50.0 Å². The number of carbonyl (C=O) groups excluding carboxylic acids is 2. The molecule has 0 spiro atoms. The van der Waals surface area contributed by atoms with Gasteiger partial charge in [0, 0.05) is 12.1 Å². The number of amides is 1. The number of Topliss-reactive ketones (excluding diaryl/α,β-unsaturated/α-hetero) is 1. The summed E-state index contributed by atoms with van der Waals surface area (Å²) in [5, 5.41) is 0. The second-order valence-corrected chi connectivity index (χ2v) is 7.32. The van der Waals surface area contributed by atoms with Crippen molar-refractivity contribution in [2.75, 3.05) is 6.54 Å². The first-order valence-corrected chi connectivity index (χ1v) is 7.88. The van der Waals surface area contributed by atoms with Gasteiger partial charge >= 0.3 is 6.09 Å². The van der Waals surface area contributed by atoms with E-state index in [2.05, 4.69) is 0 Å². The number of rotatable bonds is 2. The third-order valence-electron chi connectivity index (χ3n) is 3.90. The van der Waals surface area contributed by atoms with Crippen molar-refractivity contribution in [1.82, 2.24) is 4.90 Å². The van der Waals surface area contributed by atoms with E-state index < -0.39 is 23.6 Å². The van der Waals surface area contributed by atoms with Crippen molar-refractivity contribution in [2.45, 2.75) is 52.7 Å². The Morgan fingerprint density at radius 3 is 2.52 bits per heavy atom. The van der Waals surface area contributed by atoms with E-state index in [4.69, 9.17) is 4.74 Å². The van der Waals surface area contributed by atoms with Crippen molar-refractivity contribution in [3.63, 3.8) is 0 Å². The number of likely N-dealkylation sites (tertiary alicyclic amines) is 1. The highest BCUT2D eigenvalue weighted by atomic mass is 19.1. The fourth-order valence-electron chi connectivity index (χ4n) is 2.76. The summed E-state index contributed by atoms with van der Waals surface area (Å²) < 4.78 is 19.1. The Bertz CT molecular complexity index is 621. The Morgan fingerprint density at radius 1 is 1.30 bits per heavy atom. The highest BCUT2D eigenvalue weighted by Crippen LogP contribution is 2.28. The molecule has 1 heterocycles. The van der Waals surface area contributed by atoms with Crippen LogP contribution in [0, 0.1) is 18.7 Å². The minimum Gasteiger partial charge on any atom is -0.444 e. The molecule has 4 nitrogen and oxygen atoms in total. The third-order valence-corrected chi connectivity index (χ3v) is 3.90. The summed E-state index contributed by atoms with van der Waals surface area (Å²) >= 11 is 0. The maximum atomic E-state index is 13.7. The van der Waals surface area contributed by atoms with E-state index >= 15 is 0 Å². The van der Waals surface area contributed by atoms with Crippen molar-refractivity contribution in [3.8, 4) is 0 Å². The predicted molar refractivity (Wildman–Crippen MR) is 86.0 cm³/mol. The van der Waals surface area contributed by atoms with Crippen LogP contribution in [-0.2, 0) is 4.74 Å². The van der Waals surface area contributed by atoms with Crippen LogP contribution >= 0.6 is 0 Å². The van der Waals surface area contributed by atoms with Gasteiger partial charge in [-0.3, -0.25) is 9.69 Å². The smallest absolute Gasteiger partial charge is 0.410 e. The number of carbonyl (C=O) groups is 2. The SMILES string of the molecule is Cc1ccc(C(=O)[C@@H]2C[C@H](C)CN2C(=O)OC(C)(C)C)cc1F. The average molecular weight is 321 g/mol. The lowest BCUT2D eigenvalue weighted by Crippen LogP contribution is -2.43. The van der Waals surface area contributed by atoms with Crippen molar-refractivity contribution in [1.29, 1.82) is 0 Å². The molecule has 23 heavy (non-hydrogen) atoms. The predicted octanol–water partition coefficient (Wildman–Crippen LogP) is 3.96. The van der Waals surface area contributed by atoms with E-state index in [-0.39, 0.29) is 11.7 Å². The summed E-state index contributed by atoms with van der Waals surface area (Å²) in [4.78, 5) is 26.5. The van der Waals surface area contributed by atoms with E-state index in [1.54, 1.807) is 39.8 Å². The number of ether oxygens (including phenoxy) is 1. The average Bonchev–Trinajstić information content (AvgIpc) is 2.81. The number of halogens is 1. The highest BCUT2D eigenvalue weighted by molar-refractivity contribution is 6.01. The Hall–Kier alpha value is -1.91. The summed E-state index contributed by atoms with van der Waals surface area (Å²) in [5.74, 6) is -0.448. The molecule has 0 saturated carbocycles. The molecule has 0 radical (unpaired) electrons. The quantitative estimate of drug-likeness (QED) is 0.775. The maximum absolute atomic E-state index is 13.7. The molecule has 0 bridgehead atoms. The molecule has 1 fully saturated rings. The number of ketones is 1. The molecule has 2 atom stereocenters. The normalized spacial score (nSPS) is 21.4. The third kappa shape index (κ3) is 4.09. The number of aryl methyl sites for hydroxylation is 1. The molecule has 1 aliphatic heterocycles. The standard InChI is InChI=1S/C18H24FNO3/c1-11-8-15(20(10-11)17(22)23-18(3,4)5)16(21)13-7-6-12(2)14(19)9-13/h6-7,9,11,15H,8,10H2,1-5H3/t11-,15-/m0/s1. The van der Waals surface area contributed by atoms with Crippen molar-refractivity contribution in [3.05, 3.63) is 35.1 Å². The number of hydrogen-bond donors (Lipinski definition) is 0. The van der Waals surface area contributed by atoms with Gasteiger partial charge < -0.3 is 4.74 Å². The van der Waals surface area contributed by atoms with Crippen LogP contribution in [0.15, 0.2) is 18.2 Å². The van der Waals surface area contributed by atoms with Gasteiger partial charge in [-0.1, -0.05) is 19.1 Å². The molecule has 5 heteroatoms. The Labute approximate surface area is 136 Å². The molecule has 0 N–H and O–H groups in total. The summed E-state index contributed by atoms with van der Waals surface area (Å²) in [7, 11) is 0. The van der Waals surface area contributed by atoms with Crippen molar-refractivity contribution >= 4 is 11.9 Å². The van der Waals surface area contributed by atoms with E-state index in [1.807, 2.05) is 6.92 Å². The fraction of sp³-hybridized carbons (Fsp3) is 0.556. The van der Waals surface area contributed by atoms with Crippen LogP contribution in [0.3, 0.4) is 0 Å². The van der Waals surface area contributed by atoms with E-state index in [1.165, 1.54) is 11.0 Å². The zero-order valence-electron chi connectivity index (χ0n) is 14.4. The summed E-state index contributed by atoms with van der Waals surface area (Å²) in [6, 6.07) is 3.84. The minimum atomic E-state index is -0.619. The summed E-state index contributed by atoms with van der Waals surface area (Å²) in [5.41, 5.74) is 0.165. The molecule has 126 valence electrons. The highest BCUT2D eigenvalue weighted by Gasteiger charge is 2.40. The van der Waals surface area contributed by atoms with Crippen LogP contribution < -0.4 is 0 Å². The largest absolute Gasteiger partial charge is 0.444 e. The van der Waals surface area contributed by atoms with E-state index in [9.17, 15) is 14.0 Å². The van der Waals surface area contributed by atoms with Gasteiger partial charge in [0.2, 0.25) is 0 Å². The monoisotopic (exact) mass is 321 g/mol. The molecular weight excluding hydrogens is 297 g/mol. The Morgan fingerprint density at radius 2 is 1.96 bits per heavy atom. The van der Waals surface area contributed by atoms with Crippen LogP contribution in [-0.4, -0.2) is 35.0 Å². The first kappa shape index (κ1) is 17.4. The first-order valence-electron chi connectivity index (χ1n) is 7.88. The fourth-order valence-corrected chi connectivity index (χ4v) is 2.76. The first-order chi connectivity index (χ1) is 10.6. The number of benzene rings is 1. The second-order valence-electron chi connectivity index (χ2n) is 7.32. The lowest BCUT2D eigenvalue weighted by atomic mass is 9.98. The van der Waals surface area contributed by atoms with E-state index in [0.29, 0.717) is 24.1 Å². The zero-order chi connectivity index (χ0) is 17.4. The van der Waals surface area contributed by atoms with Crippen LogP contribution in [0.4, 0.5) is 9.18 Å². The molecule has 2 rings (SSSR count). The van der Waals surface area contributed by atoms with Crippen molar-refractivity contribution in [2.24, 2.45) is 5.92 Å². The lowest BCUT2D eigenvalue weighted by Gasteiger charge is -2.28. The van der Waals surface area contributed by atoms with Gasteiger partial charge in [0.1, 0.15) is 11.4 Å². The van der Waals surface area contributed by atoms with Gasteiger partial charge in [0.25, 0.3) is 0 Å². The number of hydrogen-bond acceptors (Lipinski definition) is 3. The van der Waals surface area contributed by atoms with E-state index in [0.717, 1.165) is 0 Å². The summed E-state index contributed by atoms with van der Waals surface area (Å²) in [6.07, 6.45) is 0.0703. The summed E-state index contributed by atoms with van der Waals surface area (Å²) in [6.45, 7) is 9.47. The van der Waals surface area contributed by atoms with Gasteiger partial charge in [-0.15, -0.1) is 0 Å². The molecule has 1 saturated heterocycles. The molecular formula is C18H24FNO3.